The fraction of sp³-hybridized carbons (Fsp3) is 0.412. The van der Waals surface area contributed by atoms with Crippen molar-refractivity contribution in [1.82, 2.24) is 15.0 Å². The van der Waals surface area contributed by atoms with Crippen LogP contribution in [-0.4, -0.2) is 68.7 Å². The topological polar surface area (TPSA) is 88.0 Å². The SMILES string of the molecule is COc1ccccc1/C=N\Nc1nc(N(C)C)nc(N2CCOCC2)n1. The molecule has 2 aromatic rings. The summed E-state index contributed by atoms with van der Waals surface area (Å²) in [7, 11) is 5.41. The quantitative estimate of drug-likeness (QED) is 0.610. The highest BCUT2D eigenvalue weighted by molar-refractivity contribution is 5.83. The van der Waals surface area contributed by atoms with Gasteiger partial charge in [0.1, 0.15) is 5.75 Å². The van der Waals surface area contributed by atoms with Crippen molar-refractivity contribution in [3.05, 3.63) is 29.8 Å². The molecule has 3 rings (SSSR count). The molecule has 1 aromatic heterocycles. The van der Waals surface area contributed by atoms with E-state index in [2.05, 4.69) is 30.4 Å². The molecule has 0 aliphatic carbocycles. The van der Waals surface area contributed by atoms with E-state index in [9.17, 15) is 0 Å². The van der Waals surface area contributed by atoms with Gasteiger partial charge in [0.25, 0.3) is 0 Å². The number of hydrogen-bond donors (Lipinski definition) is 1. The van der Waals surface area contributed by atoms with Crippen LogP contribution in [0.4, 0.5) is 17.8 Å². The third kappa shape index (κ3) is 4.37. The van der Waals surface area contributed by atoms with Crippen LogP contribution in [0.3, 0.4) is 0 Å². The van der Waals surface area contributed by atoms with Gasteiger partial charge in [-0.25, -0.2) is 5.43 Å². The van der Waals surface area contributed by atoms with Crippen LogP contribution >= 0.6 is 0 Å². The van der Waals surface area contributed by atoms with Gasteiger partial charge in [0.2, 0.25) is 17.8 Å². The van der Waals surface area contributed by atoms with Crippen LogP contribution in [0.25, 0.3) is 0 Å². The van der Waals surface area contributed by atoms with Crippen molar-refractivity contribution < 1.29 is 9.47 Å². The number of anilines is 3. The molecule has 1 aromatic carbocycles. The van der Waals surface area contributed by atoms with Crippen molar-refractivity contribution in [3.8, 4) is 5.75 Å². The van der Waals surface area contributed by atoms with Crippen molar-refractivity contribution in [2.24, 2.45) is 5.10 Å². The largest absolute Gasteiger partial charge is 0.496 e. The fourth-order valence-corrected chi connectivity index (χ4v) is 2.44. The Balaban J connectivity index is 1.80. The summed E-state index contributed by atoms with van der Waals surface area (Å²) in [4.78, 5) is 17.3. The van der Waals surface area contributed by atoms with Gasteiger partial charge in [0, 0.05) is 32.7 Å². The lowest BCUT2D eigenvalue weighted by atomic mass is 10.2. The van der Waals surface area contributed by atoms with E-state index < -0.39 is 0 Å². The summed E-state index contributed by atoms with van der Waals surface area (Å²) in [6.45, 7) is 2.83. The van der Waals surface area contributed by atoms with Gasteiger partial charge >= 0.3 is 0 Å². The Morgan fingerprint density at radius 2 is 1.96 bits per heavy atom. The predicted molar refractivity (Wildman–Crippen MR) is 101 cm³/mol. The smallest absolute Gasteiger partial charge is 0.250 e. The molecule has 138 valence electrons. The van der Waals surface area contributed by atoms with Crippen molar-refractivity contribution in [1.29, 1.82) is 0 Å². The van der Waals surface area contributed by atoms with E-state index in [-0.39, 0.29) is 0 Å². The highest BCUT2D eigenvalue weighted by Crippen LogP contribution is 2.17. The van der Waals surface area contributed by atoms with Gasteiger partial charge in [-0.1, -0.05) is 12.1 Å². The molecule has 0 radical (unpaired) electrons. The van der Waals surface area contributed by atoms with E-state index in [1.165, 1.54) is 0 Å². The zero-order chi connectivity index (χ0) is 18.4. The van der Waals surface area contributed by atoms with Crippen LogP contribution < -0.4 is 20.0 Å². The molecule has 0 atom stereocenters. The number of nitrogens with one attached hydrogen (secondary N) is 1. The number of morpholine rings is 1. The van der Waals surface area contributed by atoms with E-state index in [0.29, 0.717) is 31.1 Å². The molecule has 0 amide bonds. The summed E-state index contributed by atoms with van der Waals surface area (Å²) in [6.07, 6.45) is 1.67. The molecule has 0 unspecified atom stereocenters. The van der Waals surface area contributed by atoms with Crippen molar-refractivity contribution in [2.45, 2.75) is 0 Å². The Morgan fingerprint density at radius 1 is 1.19 bits per heavy atom. The minimum absolute atomic E-state index is 0.385. The Morgan fingerprint density at radius 3 is 2.69 bits per heavy atom. The molecule has 9 heteroatoms. The van der Waals surface area contributed by atoms with Crippen molar-refractivity contribution in [2.75, 3.05) is 62.7 Å². The molecule has 0 saturated carbocycles. The van der Waals surface area contributed by atoms with E-state index in [1.54, 1.807) is 13.3 Å². The molecule has 9 nitrogen and oxygen atoms in total. The maximum atomic E-state index is 5.39. The van der Waals surface area contributed by atoms with Gasteiger partial charge in [-0.05, 0) is 12.1 Å². The highest BCUT2D eigenvalue weighted by Gasteiger charge is 2.17. The summed E-state index contributed by atoms with van der Waals surface area (Å²) < 4.78 is 10.7. The Kier molecular flexibility index (Phi) is 5.80. The Bertz CT molecular complexity index is 761. The summed E-state index contributed by atoms with van der Waals surface area (Å²) in [5, 5.41) is 4.24. The van der Waals surface area contributed by atoms with Crippen LogP contribution in [-0.2, 0) is 4.74 Å². The lowest BCUT2D eigenvalue weighted by Crippen LogP contribution is -2.37. The molecule has 2 heterocycles. The number of ether oxygens (including phenoxy) is 2. The van der Waals surface area contributed by atoms with Crippen LogP contribution in [0, 0.1) is 0 Å². The number of methoxy groups -OCH3 is 1. The third-order valence-corrected chi connectivity index (χ3v) is 3.81. The van der Waals surface area contributed by atoms with Crippen molar-refractivity contribution >= 4 is 24.1 Å². The second-order valence-corrected chi connectivity index (χ2v) is 5.86. The fourth-order valence-electron chi connectivity index (χ4n) is 2.44. The summed E-state index contributed by atoms with van der Waals surface area (Å²) in [6, 6.07) is 7.63. The predicted octanol–water partition coefficient (Wildman–Crippen LogP) is 1.23. The Hall–Kier alpha value is -2.94. The van der Waals surface area contributed by atoms with Gasteiger partial charge in [0.05, 0.1) is 26.5 Å². The van der Waals surface area contributed by atoms with Crippen LogP contribution in [0.2, 0.25) is 0 Å². The molecule has 1 aliphatic heterocycles. The van der Waals surface area contributed by atoms with Crippen molar-refractivity contribution in [3.63, 3.8) is 0 Å². The van der Waals surface area contributed by atoms with Gasteiger partial charge in [-0.15, -0.1) is 0 Å². The van der Waals surface area contributed by atoms with Gasteiger partial charge in [-0.3, -0.25) is 0 Å². The normalized spacial score (nSPS) is 14.5. The molecule has 0 bridgehead atoms. The first-order valence-corrected chi connectivity index (χ1v) is 8.35. The number of nitrogens with zero attached hydrogens (tertiary/aromatic N) is 6. The average molecular weight is 357 g/mol. The first-order chi connectivity index (χ1) is 12.7. The van der Waals surface area contributed by atoms with E-state index >= 15 is 0 Å². The maximum absolute atomic E-state index is 5.39. The third-order valence-electron chi connectivity index (χ3n) is 3.81. The van der Waals surface area contributed by atoms with Crippen LogP contribution in [0.15, 0.2) is 29.4 Å². The molecule has 0 spiro atoms. The molecule has 1 aliphatic rings. The van der Waals surface area contributed by atoms with Crippen LogP contribution in [0.5, 0.6) is 5.75 Å². The molecular formula is C17H23N7O2. The molecule has 26 heavy (non-hydrogen) atoms. The average Bonchev–Trinajstić information content (AvgIpc) is 2.69. The lowest BCUT2D eigenvalue weighted by molar-refractivity contribution is 0.122. The highest BCUT2D eigenvalue weighted by atomic mass is 16.5. The van der Waals surface area contributed by atoms with E-state index in [4.69, 9.17) is 9.47 Å². The lowest BCUT2D eigenvalue weighted by Gasteiger charge is -2.27. The minimum atomic E-state index is 0.385. The zero-order valence-electron chi connectivity index (χ0n) is 15.2. The first-order valence-electron chi connectivity index (χ1n) is 8.35. The number of aromatic nitrogens is 3. The summed E-state index contributed by atoms with van der Waals surface area (Å²) in [5.74, 6) is 2.31. The number of rotatable bonds is 6. The molecular weight excluding hydrogens is 334 g/mol. The van der Waals surface area contributed by atoms with Gasteiger partial charge in [-0.2, -0.15) is 20.1 Å². The zero-order valence-corrected chi connectivity index (χ0v) is 15.2. The first kappa shape index (κ1) is 17.9. The molecule has 1 fully saturated rings. The number of hydrazone groups is 1. The number of hydrogen-bond acceptors (Lipinski definition) is 9. The Labute approximate surface area is 152 Å². The van der Waals surface area contributed by atoms with Gasteiger partial charge < -0.3 is 19.3 Å². The molecule has 1 N–H and O–H groups in total. The second-order valence-electron chi connectivity index (χ2n) is 5.86. The summed E-state index contributed by atoms with van der Waals surface area (Å²) >= 11 is 0. The molecule has 1 saturated heterocycles. The van der Waals surface area contributed by atoms with Crippen LogP contribution in [0.1, 0.15) is 5.56 Å². The monoisotopic (exact) mass is 357 g/mol. The second kappa shape index (κ2) is 8.43. The summed E-state index contributed by atoms with van der Waals surface area (Å²) in [5.41, 5.74) is 3.75. The van der Waals surface area contributed by atoms with E-state index in [1.807, 2.05) is 43.3 Å². The van der Waals surface area contributed by atoms with Gasteiger partial charge in [0.15, 0.2) is 0 Å². The number of benzene rings is 1. The number of para-hydroxylation sites is 1. The standard InChI is InChI=1S/C17H23N7O2/c1-23(2)16-19-15(20-17(21-16)24-8-10-26-11-9-24)22-18-12-13-6-4-5-7-14(13)25-3/h4-7,12H,8-11H2,1-3H3,(H,19,20,21,22)/b18-12-. The van der Waals surface area contributed by atoms with E-state index in [0.717, 1.165) is 24.4 Å². The maximum Gasteiger partial charge on any atom is 0.250 e. The minimum Gasteiger partial charge on any atom is -0.496 e.